The molecule has 5 nitrogen and oxygen atoms in total. The SMILES string of the molecule is C=CC=C.COCCCOc1ccnc(CSc2nc(C)c(C)[nH]2)c1C. The van der Waals surface area contributed by atoms with Crippen molar-refractivity contribution >= 4 is 11.8 Å². The third-order valence-corrected chi connectivity index (χ3v) is 4.51. The predicted molar refractivity (Wildman–Crippen MR) is 109 cm³/mol. The molecule has 0 spiro atoms. The molecule has 6 heteroatoms. The molecule has 142 valence electrons. The van der Waals surface area contributed by atoms with Crippen LogP contribution in [-0.2, 0) is 10.5 Å². The van der Waals surface area contributed by atoms with E-state index in [1.165, 1.54) is 0 Å². The van der Waals surface area contributed by atoms with Gasteiger partial charge in [-0.2, -0.15) is 0 Å². The molecular formula is C20H29N3O2S. The van der Waals surface area contributed by atoms with Crippen LogP contribution in [0.3, 0.4) is 0 Å². The molecule has 26 heavy (non-hydrogen) atoms. The monoisotopic (exact) mass is 375 g/mol. The van der Waals surface area contributed by atoms with Crippen molar-refractivity contribution in [3.05, 3.63) is 60.2 Å². The summed E-state index contributed by atoms with van der Waals surface area (Å²) in [6.45, 7) is 14.2. The van der Waals surface area contributed by atoms with E-state index in [2.05, 4.69) is 28.1 Å². The van der Waals surface area contributed by atoms with Crippen molar-refractivity contribution in [1.82, 2.24) is 15.0 Å². The molecule has 2 aromatic rings. The Bertz CT molecular complexity index is 673. The number of nitrogens with one attached hydrogen (secondary N) is 1. The molecule has 0 radical (unpaired) electrons. The number of hydrogen-bond donors (Lipinski definition) is 1. The maximum atomic E-state index is 5.80. The Morgan fingerprint density at radius 1 is 1.19 bits per heavy atom. The largest absolute Gasteiger partial charge is 0.493 e. The Balaban J connectivity index is 0.000000765. The van der Waals surface area contributed by atoms with Crippen LogP contribution in [0.2, 0.25) is 0 Å². The van der Waals surface area contributed by atoms with Crippen LogP contribution in [-0.4, -0.2) is 35.3 Å². The third-order valence-electron chi connectivity index (χ3n) is 3.63. The van der Waals surface area contributed by atoms with E-state index in [0.717, 1.165) is 45.7 Å². The average molecular weight is 376 g/mol. The second-order valence-corrected chi connectivity index (χ2v) is 6.55. The van der Waals surface area contributed by atoms with Crippen LogP contribution in [0.15, 0.2) is 42.7 Å². The third kappa shape index (κ3) is 7.45. The molecule has 0 aliphatic heterocycles. The van der Waals surface area contributed by atoms with E-state index >= 15 is 0 Å². The van der Waals surface area contributed by atoms with Gasteiger partial charge in [0.05, 0.1) is 18.0 Å². The number of nitrogens with zero attached hydrogens (tertiary/aromatic N) is 2. The molecule has 1 N–H and O–H groups in total. The lowest BCUT2D eigenvalue weighted by Gasteiger charge is -2.11. The van der Waals surface area contributed by atoms with Gasteiger partial charge in [0.15, 0.2) is 5.16 Å². The van der Waals surface area contributed by atoms with E-state index in [1.807, 2.05) is 26.8 Å². The van der Waals surface area contributed by atoms with Crippen LogP contribution in [0.4, 0.5) is 0 Å². The standard InChI is InChI=1S/C16H23N3O2S.C4H6/c1-11-14(10-22-16-18-12(2)13(3)19-16)17-7-6-15(11)21-9-5-8-20-4;1-3-4-2/h6-7H,5,8-10H2,1-4H3,(H,18,19);3-4H,1-2H2. The lowest BCUT2D eigenvalue weighted by Crippen LogP contribution is -2.04. The number of hydrogen-bond acceptors (Lipinski definition) is 5. The number of aryl methyl sites for hydroxylation is 2. The van der Waals surface area contributed by atoms with Crippen LogP contribution < -0.4 is 4.74 Å². The summed E-state index contributed by atoms with van der Waals surface area (Å²) in [5, 5.41) is 0.933. The molecule has 2 heterocycles. The minimum atomic E-state index is 0.655. The van der Waals surface area contributed by atoms with Crippen LogP contribution in [0.5, 0.6) is 5.75 Å². The average Bonchev–Trinajstić information content (AvgIpc) is 2.97. The molecule has 0 bridgehead atoms. The first-order valence-electron chi connectivity index (χ1n) is 8.49. The molecule has 0 fully saturated rings. The zero-order valence-electron chi connectivity index (χ0n) is 16.2. The molecule has 0 aromatic carbocycles. The minimum absolute atomic E-state index is 0.655. The predicted octanol–water partition coefficient (Wildman–Crippen LogP) is 4.80. The number of aromatic nitrogens is 3. The van der Waals surface area contributed by atoms with Crippen molar-refractivity contribution in [2.45, 2.75) is 38.1 Å². The molecule has 0 amide bonds. The minimum Gasteiger partial charge on any atom is -0.493 e. The van der Waals surface area contributed by atoms with Gasteiger partial charge in [0.1, 0.15) is 5.75 Å². The maximum Gasteiger partial charge on any atom is 0.166 e. The Kier molecular flexibility index (Phi) is 10.4. The number of rotatable bonds is 9. The van der Waals surface area contributed by atoms with Gasteiger partial charge in [-0.15, -0.1) is 0 Å². The second-order valence-electron chi connectivity index (χ2n) is 5.59. The van der Waals surface area contributed by atoms with Gasteiger partial charge in [0.25, 0.3) is 0 Å². The highest BCUT2D eigenvalue weighted by atomic mass is 32.2. The fraction of sp³-hybridized carbons (Fsp3) is 0.400. The lowest BCUT2D eigenvalue weighted by molar-refractivity contribution is 0.172. The van der Waals surface area contributed by atoms with E-state index in [-0.39, 0.29) is 0 Å². The zero-order chi connectivity index (χ0) is 19.4. The summed E-state index contributed by atoms with van der Waals surface area (Å²) in [5.74, 6) is 1.67. The summed E-state index contributed by atoms with van der Waals surface area (Å²) in [5.41, 5.74) is 4.28. The highest BCUT2D eigenvalue weighted by molar-refractivity contribution is 7.98. The summed E-state index contributed by atoms with van der Waals surface area (Å²) in [6.07, 6.45) is 5.96. The maximum absolute atomic E-state index is 5.80. The van der Waals surface area contributed by atoms with Gasteiger partial charge >= 0.3 is 0 Å². The fourth-order valence-corrected chi connectivity index (χ4v) is 2.96. The number of ether oxygens (including phenoxy) is 2. The molecule has 0 saturated carbocycles. The number of thioether (sulfide) groups is 1. The van der Waals surface area contributed by atoms with Crippen molar-refractivity contribution in [2.75, 3.05) is 20.3 Å². The fourth-order valence-electron chi connectivity index (χ4n) is 1.97. The number of H-pyrrole nitrogens is 1. The van der Waals surface area contributed by atoms with Gasteiger partial charge in [-0.25, -0.2) is 4.98 Å². The highest BCUT2D eigenvalue weighted by Gasteiger charge is 2.09. The molecule has 0 aliphatic rings. The van der Waals surface area contributed by atoms with Gasteiger partial charge in [0.2, 0.25) is 0 Å². The first-order valence-corrected chi connectivity index (χ1v) is 9.47. The first-order chi connectivity index (χ1) is 12.5. The second kappa shape index (κ2) is 12.3. The lowest BCUT2D eigenvalue weighted by atomic mass is 10.2. The van der Waals surface area contributed by atoms with Crippen molar-refractivity contribution < 1.29 is 9.47 Å². The molecule has 2 aromatic heterocycles. The van der Waals surface area contributed by atoms with Crippen LogP contribution in [0.1, 0.15) is 29.1 Å². The Hall–Kier alpha value is -2.05. The van der Waals surface area contributed by atoms with Crippen molar-refractivity contribution in [1.29, 1.82) is 0 Å². The van der Waals surface area contributed by atoms with E-state index in [9.17, 15) is 0 Å². The van der Waals surface area contributed by atoms with Gasteiger partial charge in [-0.1, -0.05) is 37.1 Å². The number of methoxy groups -OCH3 is 1. The quantitative estimate of drug-likeness (QED) is 0.388. The molecule has 0 saturated heterocycles. The van der Waals surface area contributed by atoms with E-state index < -0.39 is 0 Å². The van der Waals surface area contributed by atoms with E-state index in [4.69, 9.17) is 9.47 Å². The highest BCUT2D eigenvalue weighted by Crippen LogP contribution is 2.26. The van der Waals surface area contributed by atoms with E-state index in [0.29, 0.717) is 13.2 Å². The number of pyridine rings is 1. The first kappa shape index (κ1) is 22.0. The van der Waals surface area contributed by atoms with Crippen LogP contribution in [0.25, 0.3) is 0 Å². The summed E-state index contributed by atoms with van der Waals surface area (Å²) in [4.78, 5) is 12.2. The van der Waals surface area contributed by atoms with Gasteiger partial charge in [-0.3, -0.25) is 4.98 Å². The van der Waals surface area contributed by atoms with Gasteiger partial charge in [0, 0.05) is 43.3 Å². The summed E-state index contributed by atoms with van der Waals surface area (Å²) < 4.78 is 10.8. The zero-order valence-corrected chi connectivity index (χ0v) is 17.0. The Morgan fingerprint density at radius 3 is 2.50 bits per heavy atom. The molecule has 0 aliphatic carbocycles. The normalized spacial score (nSPS) is 10.0. The van der Waals surface area contributed by atoms with Crippen molar-refractivity contribution in [2.24, 2.45) is 0 Å². The van der Waals surface area contributed by atoms with Gasteiger partial charge in [-0.05, 0) is 26.8 Å². The van der Waals surface area contributed by atoms with Crippen LogP contribution in [0, 0.1) is 20.8 Å². The number of imidazole rings is 1. The summed E-state index contributed by atoms with van der Waals surface area (Å²) >= 11 is 1.66. The molecule has 2 rings (SSSR count). The topological polar surface area (TPSA) is 60.0 Å². The van der Waals surface area contributed by atoms with Crippen molar-refractivity contribution in [3.8, 4) is 5.75 Å². The Labute approximate surface area is 160 Å². The van der Waals surface area contributed by atoms with Crippen LogP contribution >= 0.6 is 11.8 Å². The summed E-state index contributed by atoms with van der Waals surface area (Å²) in [6, 6.07) is 1.91. The molecule has 0 atom stereocenters. The smallest absolute Gasteiger partial charge is 0.166 e. The van der Waals surface area contributed by atoms with Gasteiger partial charge < -0.3 is 14.5 Å². The van der Waals surface area contributed by atoms with Crippen molar-refractivity contribution in [3.63, 3.8) is 0 Å². The molecule has 0 unspecified atom stereocenters. The number of allylic oxidation sites excluding steroid dienone is 2. The number of aromatic amines is 1. The molecular weight excluding hydrogens is 346 g/mol. The Morgan fingerprint density at radius 2 is 1.92 bits per heavy atom. The summed E-state index contributed by atoms with van der Waals surface area (Å²) in [7, 11) is 1.70. The van der Waals surface area contributed by atoms with E-state index in [1.54, 1.807) is 37.2 Å².